The van der Waals surface area contributed by atoms with E-state index in [0.29, 0.717) is 0 Å². The third-order valence-corrected chi connectivity index (χ3v) is 7.07. The SMILES string of the molecule is C=C(C)c1cc(-n2c3ccccc3c3ccccc32)cc(-n2c3ccccc3c3ccccc32)c1. The molecule has 0 fully saturated rings. The zero-order chi connectivity index (χ0) is 23.5. The van der Waals surface area contributed by atoms with Crippen molar-refractivity contribution in [2.24, 2.45) is 0 Å². The van der Waals surface area contributed by atoms with Crippen molar-refractivity contribution in [1.29, 1.82) is 0 Å². The highest BCUT2D eigenvalue weighted by Gasteiger charge is 2.16. The van der Waals surface area contributed by atoms with Crippen molar-refractivity contribution in [3.8, 4) is 11.4 Å². The van der Waals surface area contributed by atoms with E-state index >= 15 is 0 Å². The normalized spacial score (nSPS) is 11.7. The summed E-state index contributed by atoms with van der Waals surface area (Å²) < 4.78 is 4.77. The molecule has 0 saturated carbocycles. The van der Waals surface area contributed by atoms with E-state index in [1.165, 1.54) is 43.6 Å². The number of hydrogen-bond acceptors (Lipinski definition) is 0. The van der Waals surface area contributed by atoms with E-state index in [-0.39, 0.29) is 0 Å². The standard InChI is InChI=1S/C33H24N2/c1-22(2)23-19-24(34-30-15-7-3-11-26(30)27-12-4-8-16-31(27)34)21-25(20-23)35-32-17-9-5-13-28(32)29-14-6-10-18-33(29)35/h3-21H,1H2,2H3. The van der Waals surface area contributed by atoms with Crippen molar-refractivity contribution in [1.82, 2.24) is 9.13 Å². The first kappa shape index (κ1) is 19.9. The van der Waals surface area contributed by atoms with Crippen LogP contribution < -0.4 is 0 Å². The average molecular weight is 449 g/mol. The number of para-hydroxylation sites is 4. The summed E-state index contributed by atoms with van der Waals surface area (Å²) in [6.07, 6.45) is 0. The van der Waals surface area contributed by atoms with Crippen LogP contribution in [0.5, 0.6) is 0 Å². The summed E-state index contributed by atoms with van der Waals surface area (Å²) in [5.41, 5.74) is 9.30. The highest BCUT2D eigenvalue weighted by atomic mass is 15.0. The highest BCUT2D eigenvalue weighted by molar-refractivity contribution is 6.10. The Morgan fingerprint density at radius 3 is 1.11 bits per heavy atom. The monoisotopic (exact) mass is 448 g/mol. The van der Waals surface area contributed by atoms with Gasteiger partial charge in [-0.3, -0.25) is 0 Å². The molecular formula is C33H24N2. The van der Waals surface area contributed by atoms with E-state index < -0.39 is 0 Å². The van der Waals surface area contributed by atoms with Crippen LogP contribution in [0.3, 0.4) is 0 Å². The second kappa shape index (κ2) is 7.48. The molecular weight excluding hydrogens is 424 g/mol. The first-order valence-corrected chi connectivity index (χ1v) is 12.0. The fraction of sp³-hybridized carbons (Fsp3) is 0.0303. The number of rotatable bonds is 3. The lowest BCUT2D eigenvalue weighted by atomic mass is 10.1. The molecule has 0 unspecified atom stereocenters. The predicted molar refractivity (Wildman–Crippen MR) is 150 cm³/mol. The number of fused-ring (bicyclic) bond motifs is 6. The fourth-order valence-corrected chi connectivity index (χ4v) is 5.50. The van der Waals surface area contributed by atoms with Gasteiger partial charge in [0.05, 0.1) is 22.1 Å². The molecule has 0 atom stereocenters. The van der Waals surface area contributed by atoms with Gasteiger partial charge in [0.25, 0.3) is 0 Å². The van der Waals surface area contributed by atoms with Crippen LogP contribution in [0.4, 0.5) is 0 Å². The van der Waals surface area contributed by atoms with Crippen molar-refractivity contribution < 1.29 is 0 Å². The smallest absolute Gasteiger partial charge is 0.0541 e. The molecule has 0 radical (unpaired) electrons. The Morgan fingerprint density at radius 2 is 0.800 bits per heavy atom. The lowest BCUT2D eigenvalue weighted by Crippen LogP contribution is -2.00. The molecule has 2 aromatic heterocycles. The quantitative estimate of drug-likeness (QED) is 0.255. The number of aromatic nitrogens is 2. The molecule has 0 aliphatic carbocycles. The maximum Gasteiger partial charge on any atom is 0.0541 e. The Morgan fingerprint density at radius 1 is 0.486 bits per heavy atom. The number of nitrogens with zero attached hydrogens (tertiary/aromatic N) is 2. The summed E-state index contributed by atoms with van der Waals surface area (Å²) in [6, 6.07) is 41.5. The van der Waals surface area contributed by atoms with Gasteiger partial charge in [-0.15, -0.1) is 0 Å². The molecule has 0 saturated heterocycles. The predicted octanol–water partition coefficient (Wildman–Crippen LogP) is 8.91. The molecule has 0 amide bonds. The second-order valence-electron chi connectivity index (χ2n) is 9.26. The molecule has 7 aromatic rings. The Bertz CT molecular complexity index is 1690. The fourth-order valence-electron chi connectivity index (χ4n) is 5.50. The van der Waals surface area contributed by atoms with Gasteiger partial charge in [-0.05, 0) is 55.0 Å². The van der Waals surface area contributed by atoms with E-state index in [1.54, 1.807) is 0 Å². The molecule has 0 N–H and O–H groups in total. The first-order valence-electron chi connectivity index (χ1n) is 12.0. The largest absolute Gasteiger partial charge is 0.309 e. The minimum Gasteiger partial charge on any atom is -0.309 e. The Balaban J connectivity index is 1.61. The summed E-state index contributed by atoms with van der Waals surface area (Å²) in [4.78, 5) is 0. The van der Waals surface area contributed by atoms with Crippen LogP contribution >= 0.6 is 0 Å². The molecule has 166 valence electrons. The molecule has 2 heteroatoms. The van der Waals surface area contributed by atoms with E-state index in [0.717, 1.165) is 22.5 Å². The number of allylic oxidation sites excluding steroid dienone is 1. The van der Waals surface area contributed by atoms with Gasteiger partial charge < -0.3 is 9.13 Å². The lowest BCUT2D eigenvalue weighted by Gasteiger charge is -2.15. The van der Waals surface area contributed by atoms with Crippen molar-refractivity contribution in [3.63, 3.8) is 0 Å². The van der Waals surface area contributed by atoms with Crippen LogP contribution in [0, 0.1) is 0 Å². The van der Waals surface area contributed by atoms with Gasteiger partial charge >= 0.3 is 0 Å². The van der Waals surface area contributed by atoms with Crippen molar-refractivity contribution >= 4 is 49.2 Å². The summed E-state index contributed by atoms with van der Waals surface area (Å²) >= 11 is 0. The van der Waals surface area contributed by atoms with Gasteiger partial charge in [0.15, 0.2) is 0 Å². The minimum absolute atomic E-state index is 1.05. The summed E-state index contributed by atoms with van der Waals surface area (Å²) in [6.45, 7) is 6.39. The van der Waals surface area contributed by atoms with Crippen molar-refractivity contribution in [3.05, 3.63) is 127 Å². The highest BCUT2D eigenvalue weighted by Crippen LogP contribution is 2.36. The molecule has 2 heterocycles. The third-order valence-electron chi connectivity index (χ3n) is 7.07. The molecule has 0 aliphatic heterocycles. The Hall–Kier alpha value is -4.56. The number of benzene rings is 5. The molecule has 0 spiro atoms. The van der Waals surface area contributed by atoms with E-state index in [1.807, 2.05) is 0 Å². The second-order valence-corrected chi connectivity index (χ2v) is 9.26. The summed E-state index contributed by atoms with van der Waals surface area (Å²) in [5.74, 6) is 0. The van der Waals surface area contributed by atoms with Crippen molar-refractivity contribution in [2.75, 3.05) is 0 Å². The van der Waals surface area contributed by atoms with Gasteiger partial charge in [-0.25, -0.2) is 0 Å². The molecule has 0 aliphatic rings. The molecule has 35 heavy (non-hydrogen) atoms. The van der Waals surface area contributed by atoms with Gasteiger partial charge in [-0.1, -0.05) is 84.9 Å². The zero-order valence-corrected chi connectivity index (χ0v) is 19.6. The van der Waals surface area contributed by atoms with Crippen LogP contribution in [0.25, 0.3) is 60.6 Å². The van der Waals surface area contributed by atoms with Crippen LogP contribution in [-0.4, -0.2) is 9.13 Å². The van der Waals surface area contributed by atoms with Crippen LogP contribution in [0.15, 0.2) is 122 Å². The molecule has 5 aromatic carbocycles. The summed E-state index contributed by atoms with van der Waals surface area (Å²) in [7, 11) is 0. The molecule has 2 nitrogen and oxygen atoms in total. The van der Waals surface area contributed by atoms with Gasteiger partial charge in [0, 0.05) is 32.9 Å². The molecule has 0 bridgehead atoms. The number of hydrogen-bond donors (Lipinski definition) is 0. The molecule has 7 rings (SSSR count). The average Bonchev–Trinajstić information content (AvgIpc) is 3.42. The Kier molecular flexibility index (Phi) is 4.24. The first-order chi connectivity index (χ1) is 17.2. The van der Waals surface area contributed by atoms with Gasteiger partial charge in [0.1, 0.15) is 0 Å². The van der Waals surface area contributed by atoms with Gasteiger partial charge in [-0.2, -0.15) is 0 Å². The van der Waals surface area contributed by atoms with Crippen LogP contribution in [-0.2, 0) is 0 Å². The van der Waals surface area contributed by atoms with Crippen LogP contribution in [0.2, 0.25) is 0 Å². The van der Waals surface area contributed by atoms with Gasteiger partial charge in [0.2, 0.25) is 0 Å². The third kappa shape index (κ3) is 2.90. The maximum atomic E-state index is 4.30. The van der Waals surface area contributed by atoms with E-state index in [2.05, 4.69) is 138 Å². The summed E-state index contributed by atoms with van der Waals surface area (Å²) in [5, 5.41) is 5.06. The van der Waals surface area contributed by atoms with E-state index in [4.69, 9.17) is 0 Å². The Labute approximate surface area is 204 Å². The van der Waals surface area contributed by atoms with Crippen LogP contribution in [0.1, 0.15) is 12.5 Å². The lowest BCUT2D eigenvalue weighted by molar-refractivity contribution is 1.13. The topological polar surface area (TPSA) is 9.86 Å². The zero-order valence-electron chi connectivity index (χ0n) is 19.6. The minimum atomic E-state index is 1.05. The van der Waals surface area contributed by atoms with Crippen molar-refractivity contribution in [2.45, 2.75) is 6.92 Å². The van der Waals surface area contributed by atoms with E-state index in [9.17, 15) is 0 Å². The maximum absolute atomic E-state index is 4.30.